The van der Waals surface area contributed by atoms with Gasteiger partial charge in [0.15, 0.2) is 0 Å². The number of hydrogen-bond acceptors (Lipinski definition) is 3. The monoisotopic (exact) mass is 285 g/mol. The van der Waals surface area contributed by atoms with Gasteiger partial charge in [0, 0.05) is 25.3 Å². The molecule has 1 aliphatic heterocycles. The minimum Gasteiger partial charge on any atom is -0.370 e. The Morgan fingerprint density at radius 1 is 1.19 bits per heavy atom. The van der Waals surface area contributed by atoms with Gasteiger partial charge in [-0.3, -0.25) is 4.99 Å². The molecule has 0 N–H and O–H groups in total. The predicted molar refractivity (Wildman–Crippen MR) is 93.6 cm³/mol. The summed E-state index contributed by atoms with van der Waals surface area (Å²) in [4.78, 5) is 8.79. The van der Waals surface area contributed by atoms with E-state index in [0.717, 1.165) is 37.4 Å². The van der Waals surface area contributed by atoms with Crippen molar-refractivity contribution in [1.29, 1.82) is 0 Å². The standard InChI is InChI=1S/C18H27N3/c1-6-9-17(15-16(3)18(19-4)10-7-2)21-12-8-11-20(5)13-14-21/h6-7,9-10,15H,2-4,8,11-14H2,1,5H3. The van der Waals surface area contributed by atoms with E-state index in [1.807, 2.05) is 13.0 Å². The Bertz CT molecular complexity index is 469. The molecule has 0 atom stereocenters. The summed E-state index contributed by atoms with van der Waals surface area (Å²) in [7, 11) is 2.17. The van der Waals surface area contributed by atoms with Gasteiger partial charge in [0.1, 0.15) is 0 Å². The van der Waals surface area contributed by atoms with Crippen molar-refractivity contribution in [1.82, 2.24) is 9.80 Å². The van der Waals surface area contributed by atoms with Crippen molar-refractivity contribution in [3.63, 3.8) is 0 Å². The van der Waals surface area contributed by atoms with Crippen LogP contribution in [-0.4, -0.2) is 49.7 Å². The zero-order valence-corrected chi connectivity index (χ0v) is 13.4. The van der Waals surface area contributed by atoms with Crippen LogP contribution < -0.4 is 0 Å². The van der Waals surface area contributed by atoms with E-state index in [0.29, 0.717) is 0 Å². The van der Waals surface area contributed by atoms with Crippen LogP contribution in [0.5, 0.6) is 0 Å². The van der Waals surface area contributed by atoms with E-state index in [-0.39, 0.29) is 0 Å². The molecule has 3 heteroatoms. The lowest BCUT2D eigenvalue weighted by Gasteiger charge is -2.24. The fourth-order valence-corrected chi connectivity index (χ4v) is 2.35. The SMILES string of the molecule is C=CC=C(N=C)C(=C)C=C(C=CC)N1CCCN(C)CC1. The normalized spacial score (nSPS) is 18.7. The van der Waals surface area contributed by atoms with Crippen molar-refractivity contribution in [2.24, 2.45) is 4.99 Å². The van der Waals surface area contributed by atoms with E-state index in [1.165, 1.54) is 12.1 Å². The van der Waals surface area contributed by atoms with Crippen molar-refractivity contribution >= 4 is 6.72 Å². The molecule has 0 bridgehead atoms. The molecule has 1 fully saturated rings. The Morgan fingerprint density at radius 2 is 1.95 bits per heavy atom. The number of aliphatic imine (C=N–C) groups is 1. The molecule has 0 unspecified atom stereocenters. The van der Waals surface area contributed by atoms with Crippen molar-refractivity contribution in [2.75, 3.05) is 33.2 Å². The average molecular weight is 285 g/mol. The highest BCUT2D eigenvalue weighted by atomic mass is 15.2. The summed E-state index contributed by atoms with van der Waals surface area (Å²) in [6.07, 6.45) is 11.0. The van der Waals surface area contributed by atoms with Crippen LogP contribution in [0.3, 0.4) is 0 Å². The lowest BCUT2D eigenvalue weighted by Crippen LogP contribution is -2.28. The topological polar surface area (TPSA) is 18.8 Å². The van der Waals surface area contributed by atoms with E-state index in [1.54, 1.807) is 6.08 Å². The molecule has 1 saturated heterocycles. The second-order valence-electron chi connectivity index (χ2n) is 5.18. The molecule has 0 saturated carbocycles. The molecule has 1 heterocycles. The molecule has 1 rings (SSSR count). The van der Waals surface area contributed by atoms with Crippen LogP contribution in [0.4, 0.5) is 0 Å². The van der Waals surface area contributed by atoms with Gasteiger partial charge in [-0.15, -0.1) is 0 Å². The summed E-state index contributed by atoms with van der Waals surface area (Å²) in [5.74, 6) is 0. The largest absolute Gasteiger partial charge is 0.370 e. The summed E-state index contributed by atoms with van der Waals surface area (Å²) < 4.78 is 0. The highest BCUT2D eigenvalue weighted by molar-refractivity contribution is 5.46. The zero-order valence-electron chi connectivity index (χ0n) is 13.4. The molecule has 0 aromatic carbocycles. The van der Waals surface area contributed by atoms with Gasteiger partial charge in [0.25, 0.3) is 0 Å². The van der Waals surface area contributed by atoms with Crippen molar-refractivity contribution in [2.45, 2.75) is 13.3 Å². The second kappa shape index (κ2) is 9.14. The van der Waals surface area contributed by atoms with Gasteiger partial charge in [0.2, 0.25) is 0 Å². The first-order chi connectivity index (χ1) is 10.1. The van der Waals surface area contributed by atoms with Gasteiger partial charge >= 0.3 is 0 Å². The maximum Gasteiger partial charge on any atom is 0.0689 e. The molecule has 0 radical (unpaired) electrons. The quantitative estimate of drug-likeness (QED) is 0.550. The van der Waals surface area contributed by atoms with E-state index < -0.39 is 0 Å². The fourth-order valence-electron chi connectivity index (χ4n) is 2.35. The first kappa shape index (κ1) is 17.2. The van der Waals surface area contributed by atoms with Crippen molar-refractivity contribution in [3.8, 4) is 0 Å². The third kappa shape index (κ3) is 5.56. The van der Waals surface area contributed by atoms with E-state index in [4.69, 9.17) is 0 Å². The van der Waals surface area contributed by atoms with Crippen LogP contribution in [0.15, 0.2) is 65.5 Å². The van der Waals surface area contributed by atoms with Gasteiger partial charge in [-0.25, -0.2) is 0 Å². The van der Waals surface area contributed by atoms with E-state index in [2.05, 4.69) is 59.9 Å². The van der Waals surface area contributed by atoms with Crippen molar-refractivity contribution < 1.29 is 0 Å². The number of allylic oxidation sites excluding steroid dienone is 5. The minimum atomic E-state index is 0.763. The maximum absolute atomic E-state index is 4.10. The summed E-state index contributed by atoms with van der Waals surface area (Å²) >= 11 is 0. The third-order valence-corrected chi connectivity index (χ3v) is 3.52. The third-order valence-electron chi connectivity index (χ3n) is 3.52. The molecular weight excluding hydrogens is 258 g/mol. The summed E-state index contributed by atoms with van der Waals surface area (Å²) in [6, 6.07) is 0. The summed E-state index contributed by atoms with van der Waals surface area (Å²) in [5.41, 5.74) is 2.80. The Kier molecular flexibility index (Phi) is 7.48. The van der Waals surface area contributed by atoms with E-state index >= 15 is 0 Å². The molecule has 114 valence electrons. The lowest BCUT2D eigenvalue weighted by molar-refractivity contribution is 0.330. The smallest absolute Gasteiger partial charge is 0.0689 e. The van der Waals surface area contributed by atoms with Gasteiger partial charge in [-0.05, 0) is 57.5 Å². The number of hydrogen-bond donors (Lipinski definition) is 0. The summed E-state index contributed by atoms with van der Waals surface area (Å²) in [6.45, 7) is 17.8. The van der Waals surface area contributed by atoms with Crippen LogP contribution in [0, 0.1) is 0 Å². The Morgan fingerprint density at radius 3 is 2.57 bits per heavy atom. The van der Waals surface area contributed by atoms with Gasteiger partial charge in [-0.2, -0.15) is 0 Å². The lowest BCUT2D eigenvalue weighted by atomic mass is 10.1. The van der Waals surface area contributed by atoms with Crippen LogP contribution in [0.2, 0.25) is 0 Å². The average Bonchev–Trinajstić information content (AvgIpc) is 2.69. The molecule has 0 spiro atoms. The van der Waals surface area contributed by atoms with Crippen LogP contribution in [0.25, 0.3) is 0 Å². The number of likely N-dealkylation sites (N-methyl/N-ethyl adjacent to an activating group) is 1. The molecule has 3 nitrogen and oxygen atoms in total. The first-order valence-corrected chi connectivity index (χ1v) is 7.39. The summed E-state index contributed by atoms with van der Waals surface area (Å²) in [5, 5.41) is 0. The molecule has 0 aromatic heterocycles. The molecule has 1 aliphatic rings. The molecular formula is C18H27N3. The maximum atomic E-state index is 4.10. The fraction of sp³-hybridized carbons (Fsp3) is 0.389. The Balaban J connectivity index is 2.96. The van der Waals surface area contributed by atoms with Gasteiger partial charge < -0.3 is 9.80 Å². The number of nitrogens with zero attached hydrogens (tertiary/aromatic N) is 3. The van der Waals surface area contributed by atoms with Gasteiger partial charge in [0.05, 0.1) is 5.70 Å². The van der Waals surface area contributed by atoms with Crippen LogP contribution in [-0.2, 0) is 0 Å². The predicted octanol–water partition coefficient (Wildman–Crippen LogP) is 3.41. The highest BCUT2D eigenvalue weighted by Crippen LogP contribution is 2.17. The first-order valence-electron chi connectivity index (χ1n) is 7.39. The van der Waals surface area contributed by atoms with Crippen molar-refractivity contribution in [3.05, 3.63) is 60.5 Å². The molecule has 0 aliphatic carbocycles. The highest BCUT2D eigenvalue weighted by Gasteiger charge is 2.13. The Hall–Kier alpha value is -1.87. The zero-order chi connectivity index (χ0) is 15.7. The minimum absolute atomic E-state index is 0.763. The van der Waals surface area contributed by atoms with Gasteiger partial charge in [-0.1, -0.05) is 25.3 Å². The van der Waals surface area contributed by atoms with Crippen LogP contribution >= 0.6 is 0 Å². The Labute approximate surface area is 129 Å². The molecule has 0 aromatic rings. The molecule has 0 amide bonds. The van der Waals surface area contributed by atoms with Crippen LogP contribution in [0.1, 0.15) is 13.3 Å². The molecule has 21 heavy (non-hydrogen) atoms. The number of rotatable bonds is 6. The second-order valence-corrected chi connectivity index (χ2v) is 5.18. The van der Waals surface area contributed by atoms with E-state index in [9.17, 15) is 0 Å².